The first kappa shape index (κ1) is 11.8. The number of nitrogens with zero attached hydrogens (tertiary/aromatic N) is 1. The van der Waals surface area contributed by atoms with E-state index in [1.165, 1.54) is 11.1 Å². The fourth-order valence-corrected chi connectivity index (χ4v) is 2.21. The number of anilines is 2. The van der Waals surface area contributed by atoms with Gasteiger partial charge >= 0.3 is 0 Å². The van der Waals surface area contributed by atoms with Crippen LogP contribution < -0.4 is 10.2 Å². The van der Waals surface area contributed by atoms with Crippen molar-refractivity contribution < 1.29 is 9.59 Å². The molecule has 96 valence electrons. The van der Waals surface area contributed by atoms with Gasteiger partial charge in [0.2, 0.25) is 5.91 Å². The number of fused-ring (bicyclic) bond motifs is 1. The molecule has 0 saturated heterocycles. The standard InChI is InChI=1S/C13H10ClN3O2/c14-8-5-10(15-6-8)13(19)17-7-12(18)16-9-3-1-2-4-11(9)17/h1-6,15H,7H2,(H,16,18). The minimum atomic E-state index is -0.283. The molecule has 0 saturated carbocycles. The highest BCUT2D eigenvalue weighted by molar-refractivity contribution is 6.31. The van der Waals surface area contributed by atoms with Gasteiger partial charge in [-0.15, -0.1) is 0 Å². The average molecular weight is 276 g/mol. The molecule has 0 atom stereocenters. The Morgan fingerprint density at radius 1 is 1.32 bits per heavy atom. The largest absolute Gasteiger partial charge is 0.356 e. The van der Waals surface area contributed by atoms with Gasteiger partial charge in [-0.3, -0.25) is 14.5 Å². The number of para-hydroxylation sites is 2. The van der Waals surface area contributed by atoms with Crippen LogP contribution in [0, 0.1) is 0 Å². The van der Waals surface area contributed by atoms with E-state index >= 15 is 0 Å². The predicted octanol–water partition coefficient (Wildman–Crippen LogP) is 2.27. The van der Waals surface area contributed by atoms with E-state index in [1.54, 1.807) is 24.3 Å². The summed E-state index contributed by atoms with van der Waals surface area (Å²) in [5.74, 6) is -0.501. The predicted molar refractivity (Wildman–Crippen MR) is 72.6 cm³/mol. The lowest BCUT2D eigenvalue weighted by Crippen LogP contribution is -2.42. The Labute approximate surface area is 114 Å². The second-order valence-electron chi connectivity index (χ2n) is 4.19. The van der Waals surface area contributed by atoms with E-state index in [1.807, 2.05) is 6.07 Å². The molecule has 0 spiro atoms. The number of amides is 2. The van der Waals surface area contributed by atoms with E-state index in [0.717, 1.165) is 0 Å². The summed E-state index contributed by atoms with van der Waals surface area (Å²) >= 11 is 5.79. The third kappa shape index (κ3) is 2.08. The van der Waals surface area contributed by atoms with E-state index in [-0.39, 0.29) is 18.4 Å². The Morgan fingerprint density at radius 3 is 2.84 bits per heavy atom. The number of aromatic amines is 1. The second kappa shape index (κ2) is 4.44. The summed E-state index contributed by atoms with van der Waals surface area (Å²) in [6.45, 7) is -0.00745. The van der Waals surface area contributed by atoms with Crippen molar-refractivity contribution >= 4 is 34.8 Å². The lowest BCUT2D eigenvalue weighted by atomic mass is 10.2. The number of carbonyl (C=O) groups is 2. The van der Waals surface area contributed by atoms with E-state index in [9.17, 15) is 9.59 Å². The van der Waals surface area contributed by atoms with Crippen LogP contribution in [0.15, 0.2) is 36.5 Å². The summed E-state index contributed by atoms with van der Waals surface area (Å²) in [5, 5.41) is 3.19. The molecule has 2 N–H and O–H groups in total. The summed E-state index contributed by atoms with van der Waals surface area (Å²) < 4.78 is 0. The van der Waals surface area contributed by atoms with Crippen molar-refractivity contribution in [1.29, 1.82) is 0 Å². The maximum Gasteiger partial charge on any atom is 0.275 e. The van der Waals surface area contributed by atoms with Crippen LogP contribution in [-0.2, 0) is 4.79 Å². The van der Waals surface area contributed by atoms with Crippen LogP contribution in [0.4, 0.5) is 11.4 Å². The highest BCUT2D eigenvalue weighted by Gasteiger charge is 2.27. The molecule has 6 heteroatoms. The van der Waals surface area contributed by atoms with Gasteiger partial charge in [-0.1, -0.05) is 23.7 Å². The van der Waals surface area contributed by atoms with Gasteiger partial charge in [-0.25, -0.2) is 0 Å². The smallest absolute Gasteiger partial charge is 0.275 e. The minimum Gasteiger partial charge on any atom is -0.356 e. The van der Waals surface area contributed by atoms with Crippen LogP contribution in [-0.4, -0.2) is 23.3 Å². The van der Waals surface area contributed by atoms with Gasteiger partial charge in [0.05, 0.1) is 16.4 Å². The van der Waals surface area contributed by atoms with Gasteiger partial charge in [0.25, 0.3) is 5.91 Å². The Morgan fingerprint density at radius 2 is 2.11 bits per heavy atom. The van der Waals surface area contributed by atoms with Gasteiger partial charge in [0.15, 0.2) is 0 Å². The molecule has 0 radical (unpaired) electrons. The molecule has 5 nitrogen and oxygen atoms in total. The number of aromatic nitrogens is 1. The zero-order valence-corrected chi connectivity index (χ0v) is 10.6. The monoisotopic (exact) mass is 275 g/mol. The fourth-order valence-electron chi connectivity index (χ4n) is 2.05. The molecular weight excluding hydrogens is 266 g/mol. The number of benzene rings is 1. The Bertz CT molecular complexity index is 665. The van der Waals surface area contributed by atoms with E-state index in [2.05, 4.69) is 10.3 Å². The molecule has 3 rings (SSSR count). The molecule has 1 aromatic carbocycles. The molecular formula is C13H10ClN3O2. The Hall–Kier alpha value is -2.27. The van der Waals surface area contributed by atoms with Crippen molar-refractivity contribution in [3.63, 3.8) is 0 Å². The summed E-state index contributed by atoms with van der Waals surface area (Å²) in [5.41, 5.74) is 1.66. The molecule has 2 heterocycles. The maximum atomic E-state index is 12.4. The molecule has 19 heavy (non-hydrogen) atoms. The lowest BCUT2D eigenvalue weighted by Gasteiger charge is -2.28. The first-order valence-corrected chi connectivity index (χ1v) is 6.07. The molecule has 0 unspecified atom stereocenters. The highest BCUT2D eigenvalue weighted by Crippen LogP contribution is 2.30. The number of carbonyl (C=O) groups excluding carboxylic acids is 2. The molecule has 0 aliphatic carbocycles. The zero-order valence-electron chi connectivity index (χ0n) is 9.81. The molecule has 1 aliphatic rings. The number of hydrogen-bond donors (Lipinski definition) is 2. The minimum absolute atomic E-state index is 0.00745. The fraction of sp³-hybridized carbons (Fsp3) is 0.0769. The molecule has 2 amide bonds. The average Bonchev–Trinajstić information content (AvgIpc) is 2.83. The number of H-pyrrole nitrogens is 1. The van der Waals surface area contributed by atoms with E-state index in [4.69, 9.17) is 11.6 Å². The van der Waals surface area contributed by atoms with Crippen molar-refractivity contribution in [2.24, 2.45) is 0 Å². The highest BCUT2D eigenvalue weighted by atomic mass is 35.5. The quantitative estimate of drug-likeness (QED) is 0.838. The topological polar surface area (TPSA) is 65.2 Å². The Kier molecular flexibility index (Phi) is 2.76. The summed E-state index contributed by atoms with van der Waals surface area (Å²) in [7, 11) is 0. The van der Waals surface area contributed by atoms with E-state index < -0.39 is 0 Å². The summed E-state index contributed by atoms with van der Waals surface area (Å²) in [4.78, 5) is 28.2. The molecule has 1 aromatic heterocycles. The van der Waals surface area contributed by atoms with Crippen molar-refractivity contribution in [1.82, 2.24) is 4.98 Å². The van der Waals surface area contributed by atoms with Gasteiger partial charge in [0, 0.05) is 6.20 Å². The number of rotatable bonds is 1. The third-order valence-corrected chi connectivity index (χ3v) is 3.11. The SMILES string of the molecule is O=C1CN(C(=O)c2cc(Cl)c[nH]2)c2ccccc2N1. The van der Waals surface area contributed by atoms with Crippen LogP contribution in [0.3, 0.4) is 0 Å². The first-order chi connectivity index (χ1) is 9.15. The summed E-state index contributed by atoms with van der Waals surface area (Å²) in [6, 6.07) is 8.71. The lowest BCUT2D eigenvalue weighted by molar-refractivity contribution is -0.115. The normalized spacial score (nSPS) is 13.9. The van der Waals surface area contributed by atoms with Crippen molar-refractivity contribution in [3.05, 3.63) is 47.2 Å². The molecule has 1 aliphatic heterocycles. The molecule has 0 fully saturated rings. The number of hydrogen-bond acceptors (Lipinski definition) is 2. The van der Waals surface area contributed by atoms with Crippen LogP contribution >= 0.6 is 11.6 Å². The number of halogens is 1. The zero-order chi connectivity index (χ0) is 13.4. The first-order valence-electron chi connectivity index (χ1n) is 5.70. The van der Waals surface area contributed by atoms with Crippen molar-refractivity contribution in [3.8, 4) is 0 Å². The second-order valence-corrected chi connectivity index (χ2v) is 4.62. The van der Waals surface area contributed by atoms with Gasteiger partial charge < -0.3 is 10.3 Å². The van der Waals surface area contributed by atoms with Crippen LogP contribution in [0.2, 0.25) is 5.02 Å². The number of nitrogens with one attached hydrogen (secondary N) is 2. The van der Waals surface area contributed by atoms with Gasteiger partial charge in [-0.2, -0.15) is 0 Å². The summed E-state index contributed by atoms with van der Waals surface area (Å²) in [6.07, 6.45) is 1.53. The van der Waals surface area contributed by atoms with Crippen LogP contribution in [0.25, 0.3) is 0 Å². The van der Waals surface area contributed by atoms with Crippen molar-refractivity contribution in [2.45, 2.75) is 0 Å². The van der Waals surface area contributed by atoms with E-state index in [0.29, 0.717) is 22.1 Å². The van der Waals surface area contributed by atoms with Crippen LogP contribution in [0.5, 0.6) is 0 Å². The molecule has 2 aromatic rings. The maximum absolute atomic E-state index is 12.4. The van der Waals surface area contributed by atoms with Gasteiger partial charge in [-0.05, 0) is 18.2 Å². The Balaban J connectivity index is 2.01. The molecule has 0 bridgehead atoms. The van der Waals surface area contributed by atoms with Gasteiger partial charge in [0.1, 0.15) is 12.2 Å². The van der Waals surface area contributed by atoms with Crippen molar-refractivity contribution in [2.75, 3.05) is 16.8 Å². The third-order valence-electron chi connectivity index (χ3n) is 2.89. The van der Waals surface area contributed by atoms with Crippen LogP contribution in [0.1, 0.15) is 10.5 Å².